The van der Waals surface area contributed by atoms with Crippen LogP contribution in [0, 0.1) is 6.92 Å². The Morgan fingerprint density at radius 3 is 3.09 bits per heavy atom. The van der Waals surface area contributed by atoms with E-state index in [9.17, 15) is 4.79 Å². The van der Waals surface area contributed by atoms with Gasteiger partial charge in [-0.25, -0.2) is 4.98 Å². The summed E-state index contributed by atoms with van der Waals surface area (Å²) in [6.45, 7) is 3.38. The van der Waals surface area contributed by atoms with Gasteiger partial charge in [-0.15, -0.1) is 0 Å². The number of carbonyl (C=O) groups excluding carboxylic acids is 1. The van der Waals surface area contributed by atoms with E-state index in [2.05, 4.69) is 15.1 Å². The summed E-state index contributed by atoms with van der Waals surface area (Å²) in [4.78, 5) is 21.9. The van der Waals surface area contributed by atoms with Crippen molar-refractivity contribution in [1.29, 1.82) is 0 Å². The van der Waals surface area contributed by atoms with E-state index in [1.54, 1.807) is 6.33 Å². The summed E-state index contributed by atoms with van der Waals surface area (Å²) in [5.74, 6) is 0.0565. The van der Waals surface area contributed by atoms with Crippen molar-refractivity contribution in [3.8, 4) is 0 Å². The van der Waals surface area contributed by atoms with Crippen molar-refractivity contribution >= 4 is 16.9 Å². The zero-order valence-corrected chi connectivity index (χ0v) is 12.6. The molecule has 1 amide bonds. The molecule has 1 aliphatic rings. The maximum absolute atomic E-state index is 12.8. The van der Waals surface area contributed by atoms with Gasteiger partial charge < -0.3 is 9.88 Å². The van der Waals surface area contributed by atoms with E-state index in [0.717, 1.165) is 35.4 Å². The third kappa shape index (κ3) is 1.91. The zero-order chi connectivity index (χ0) is 15.3. The lowest BCUT2D eigenvalue weighted by Crippen LogP contribution is -2.36. The SMILES string of the molecule is Cc1nn(C)c2c1CCN(C(=O)c1ccc3nc[nH]c3c1)C2. The maximum atomic E-state index is 12.8. The van der Waals surface area contributed by atoms with E-state index in [1.165, 1.54) is 5.56 Å². The molecular formula is C16H17N5O. The number of aromatic amines is 1. The topological polar surface area (TPSA) is 66.8 Å². The number of aryl methyl sites for hydroxylation is 2. The fraction of sp³-hybridized carbons (Fsp3) is 0.312. The minimum Gasteiger partial charge on any atom is -0.345 e. The molecule has 0 bridgehead atoms. The minimum atomic E-state index is 0.0565. The number of hydrogen-bond acceptors (Lipinski definition) is 3. The van der Waals surface area contributed by atoms with Gasteiger partial charge in [-0.2, -0.15) is 5.10 Å². The summed E-state index contributed by atoms with van der Waals surface area (Å²) in [7, 11) is 1.94. The van der Waals surface area contributed by atoms with Gasteiger partial charge in [0, 0.05) is 19.2 Å². The van der Waals surface area contributed by atoms with Gasteiger partial charge >= 0.3 is 0 Å². The molecule has 0 saturated carbocycles. The van der Waals surface area contributed by atoms with Crippen molar-refractivity contribution in [3.63, 3.8) is 0 Å². The fourth-order valence-electron chi connectivity index (χ4n) is 3.20. The molecule has 6 heteroatoms. The van der Waals surface area contributed by atoms with E-state index in [-0.39, 0.29) is 5.91 Å². The van der Waals surface area contributed by atoms with Crippen LogP contribution in [-0.4, -0.2) is 37.1 Å². The first-order chi connectivity index (χ1) is 10.6. The van der Waals surface area contributed by atoms with Crippen LogP contribution in [0.15, 0.2) is 24.5 Å². The molecule has 112 valence electrons. The highest BCUT2D eigenvalue weighted by molar-refractivity contribution is 5.97. The summed E-state index contributed by atoms with van der Waals surface area (Å²) in [6, 6.07) is 5.59. The van der Waals surface area contributed by atoms with Crippen LogP contribution in [0.4, 0.5) is 0 Å². The van der Waals surface area contributed by atoms with E-state index in [1.807, 2.05) is 41.8 Å². The Morgan fingerprint density at radius 2 is 2.23 bits per heavy atom. The van der Waals surface area contributed by atoms with Crippen LogP contribution >= 0.6 is 0 Å². The predicted octanol–water partition coefficient (Wildman–Crippen LogP) is 1.80. The van der Waals surface area contributed by atoms with Crippen LogP contribution < -0.4 is 0 Å². The summed E-state index contributed by atoms with van der Waals surface area (Å²) in [5, 5.41) is 4.46. The van der Waals surface area contributed by atoms with E-state index in [4.69, 9.17) is 0 Å². The smallest absolute Gasteiger partial charge is 0.254 e. The molecule has 6 nitrogen and oxygen atoms in total. The molecule has 3 aromatic rings. The van der Waals surface area contributed by atoms with Crippen LogP contribution in [0.1, 0.15) is 27.3 Å². The highest BCUT2D eigenvalue weighted by atomic mass is 16.2. The molecule has 1 aliphatic heterocycles. The Balaban J connectivity index is 1.64. The number of amides is 1. The zero-order valence-electron chi connectivity index (χ0n) is 12.6. The molecule has 0 radical (unpaired) electrons. The quantitative estimate of drug-likeness (QED) is 0.744. The Hall–Kier alpha value is -2.63. The number of hydrogen-bond donors (Lipinski definition) is 1. The van der Waals surface area contributed by atoms with Gasteiger partial charge in [0.25, 0.3) is 5.91 Å². The van der Waals surface area contributed by atoms with Crippen LogP contribution in [0.5, 0.6) is 0 Å². The second-order valence-electron chi connectivity index (χ2n) is 5.75. The number of nitrogens with one attached hydrogen (secondary N) is 1. The minimum absolute atomic E-state index is 0.0565. The van der Waals surface area contributed by atoms with Gasteiger partial charge in [0.15, 0.2) is 0 Å². The standard InChI is InChI=1S/C16H17N5O/c1-10-12-5-6-21(8-15(12)20(2)19-10)16(22)11-3-4-13-14(7-11)18-9-17-13/h3-4,7,9H,5-6,8H2,1-2H3,(H,17,18). The molecule has 4 rings (SSSR count). The second kappa shape index (κ2) is 4.69. The molecule has 3 heterocycles. The summed E-state index contributed by atoms with van der Waals surface area (Å²) < 4.78 is 1.89. The Labute approximate surface area is 127 Å². The third-order valence-electron chi connectivity index (χ3n) is 4.40. The van der Waals surface area contributed by atoms with Gasteiger partial charge in [0.2, 0.25) is 0 Å². The van der Waals surface area contributed by atoms with Crippen molar-refractivity contribution in [3.05, 3.63) is 47.0 Å². The first-order valence-corrected chi connectivity index (χ1v) is 7.37. The van der Waals surface area contributed by atoms with Crippen LogP contribution in [-0.2, 0) is 20.0 Å². The molecule has 2 aromatic heterocycles. The van der Waals surface area contributed by atoms with Crippen LogP contribution in [0.2, 0.25) is 0 Å². The number of imidazole rings is 1. The van der Waals surface area contributed by atoms with Gasteiger partial charge in [0.1, 0.15) is 0 Å². The van der Waals surface area contributed by atoms with Crippen LogP contribution in [0.3, 0.4) is 0 Å². The molecule has 0 aliphatic carbocycles. The van der Waals surface area contributed by atoms with Crippen molar-refractivity contribution in [2.24, 2.45) is 7.05 Å². The highest BCUT2D eigenvalue weighted by Gasteiger charge is 2.26. The van der Waals surface area contributed by atoms with Crippen molar-refractivity contribution < 1.29 is 4.79 Å². The van der Waals surface area contributed by atoms with Crippen molar-refractivity contribution in [2.75, 3.05) is 6.54 Å². The number of aromatic nitrogens is 4. The average Bonchev–Trinajstić information content (AvgIpc) is 3.10. The maximum Gasteiger partial charge on any atom is 0.254 e. The summed E-state index contributed by atoms with van der Waals surface area (Å²) >= 11 is 0. The molecule has 0 unspecified atom stereocenters. The lowest BCUT2D eigenvalue weighted by Gasteiger charge is -2.27. The van der Waals surface area contributed by atoms with Crippen molar-refractivity contribution in [2.45, 2.75) is 19.9 Å². The average molecular weight is 295 g/mol. The second-order valence-corrected chi connectivity index (χ2v) is 5.75. The molecular weight excluding hydrogens is 278 g/mol. The molecule has 0 atom stereocenters. The lowest BCUT2D eigenvalue weighted by molar-refractivity contribution is 0.0730. The largest absolute Gasteiger partial charge is 0.345 e. The summed E-state index contributed by atoms with van der Waals surface area (Å²) in [6.07, 6.45) is 2.51. The molecule has 0 spiro atoms. The number of carbonyl (C=O) groups is 1. The van der Waals surface area contributed by atoms with Gasteiger partial charge in [-0.3, -0.25) is 9.48 Å². The normalized spacial score (nSPS) is 14.4. The Bertz CT molecular complexity index is 876. The molecule has 0 fully saturated rings. The monoisotopic (exact) mass is 295 g/mol. The van der Waals surface area contributed by atoms with Gasteiger partial charge in [-0.1, -0.05) is 0 Å². The van der Waals surface area contributed by atoms with E-state index < -0.39 is 0 Å². The number of nitrogens with zero attached hydrogens (tertiary/aromatic N) is 4. The Kier molecular flexibility index (Phi) is 2.79. The molecule has 1 N–H and O–H groups in total. The van der Waals surface area contributed by atoms with Gasteiger partial charge in [-0.05, 0) is 37.1 Å². The predicted molar refractivity (Wildman–Crippen MR) is 82.5 cm³/mol. The lowest BCUT2D eigenvalue weighted by atomic mass is 10.0. The number of rotatable bonds is 1. The van der Waals surface area contributed by atoms with Crippen LogP contribution in [0.25, 0.3) is 11.0 Å². The van der Waals surface area contributed by atoms with E-state index >= 15 is 0 Å². The number of fused-ring (bicyclic) bond motifs is 2. The molecule has 22 heavy (non-hydrogen) atoms. The van der Waals surface area contributed by atoms with Gasteiger partial charge in [0.05, 0.1) is 35.3 Å². The van der Waals surface area contributed by atoms with Crippen molar-refractivity contribution in [1.82, 2.24) is 24.6 Å². The Morgan fingerprint density at radius 1 is 1.36 bits per heavy atom. The fourth-order valence-corrected chi connectivity index (χ4v) is 3.20. The highest BCUT2D eigenvalue weighted by Crippen LogP contribution is 2.23. The molecule has 0 saturated heterocycles. The van der Waals surface area contributed by atoms with E-state index in [0.29, 0.717) is 12.1 Å². The molecule has 1 aromatic carbocycles. The number of H-pyrrole nitrogens is 1. The number of benzene rings is 1. The first kappa shape index (κ1) is 13.1. The third-order valence-corrected chi connectivity index (χ3v) is 4.40. The summed E-state index contributed by atoms with van der Waals surface area (Å²) in [5.41, 5.74) is 5.96. The first-order valence-electron chi connectivity index (χ1n) is 7.37.